The van der Waals surface area contributed by atoms with Gasteiger partial charge in [0, 0.05) is 26.7 Å². The summed E-state index contributed by atoms with van der Waals surface area (Å²) in [6, 6.07) is 0. The largest absolute Gasteiger partial charge is 0.490 e. The van der Waals surface area contributed by atoms with Crippen molar-refractivity contribution in [2.75, 3.05) is 44.1 Å². The summed E-state index contributed by atoms with van der Waals surface area (Å²) in [4.78, 5) is 10.4. The molecule has 0 aliphatic carbocycles. The highest BCUT2D eigenvalue weighted by Gasteiger charge is 2.16. The molecule has 96 valence electrons. The van der Waals surface area contributed by atoms with Gasteiger partial charge in [0.25, 0.3) is 0 Å². The van der Waals surface area contributed by atoms with Crippen molar-refractivity contribution >= 4 is 11.6 Å². The zero-order valence-electron chi connectivity index (χ0n) is 10.6. The fourth-order valence-electron chi connectivity index (χ4n) is 1.63. The second kappa shape index (κ2) is 6.90. The van der Waals surface area contributed by atoms with E-state index in [0.717, 1.165) is 18.9 Å². The number of anilines is 2. The quantitative estimate of drug-likeness (QED) is 0.732. The van der Waals surface area contributed by atoms with Gasteiger partial charge in [-0.3, -0.25) is 0 Å². The van der Waals surface area contributed by atoms with Crippen molar-refractivity contribution in [2.24, 2.45) is 0 Å². The van der Waals surface area contributed by atoms with Gasteiger partial charge in [0.15, 0.2) is 11.6 Å². The molecule has 0 bridgehead atoms. The maximum atomic E-state index is 8.88. The van der Waals surface area contributed by atoms with Crippen molar-refractivity contribution in [1.82, 2.24) is 9.97 Å². The van der Waals surface area contributed by atoms with E-state index in [1.807, 2.05) is 6.92 Å². The summed E-state index contributed by atoms with van der Waals surface area (Å²) < 4.78 is 5.34. The van der Waals surface area contributed by atoms with E-state index in [4.69, 9.17) is 9.84 Å². The van der Waals surface area contributed by atoms with Crippen LogP contribution in [-0.4, -0.2) is 48.9 Å². The number of hydrogen-bond donors (Lipinski definition) is 2. The minimum Gasteiger partial charge on any atom is -0.490 e. The van der Waals surface area contributed by atoms with Crippen LogP contribution in [0, 0.1) is 0 Å². The Morgan fingerprint density at radius 2 is 2.24 bits per heavy atom. The normalized spacial score (nSPS) is 10.1. The molecule has 1 heterocycles. The average Bonchev–Trinajstić information content (AvgIpc) is 2.39. The molecular weight excluding hydrogens is 220 g/mol. The number of aromatic nitrogens is 2. The fraction of sp³-hybridized carbons (Fsp3) is 0.636. The lowest BCUT2D eigenvalue weighted by molar-refractivity contribution is 0.289. The molecule has 1 aromatic heterocycles. The van der Waals surface area contributed by atoms with Crippen molar-refractivity contribution in [3.8, 4) is 5.75 Å². The fourth-order valence-corrected chi connectivity index (χ4v) is 1.63. The zero-order chi connectivity index (χ0) is 12.7. The Kier molecular flexibility index (Phi) is 5.48. The number of methoxy groups -OCH3 is 1. The molecule has 0 aromatic carbocycles. The molecule has 0 fully saturated rings. The van der Waals surface area contributed by atoms with Crippen LogP contribution in [0.2, 0.25) is 0 Å². The Morgan fingerprint density at radius 1 is 1.47 bits per heavy atom. The molecule has 0 saturated carbocycles. The number of nitrogens with one attached hydrogen (secondary N) is 1. The smallest absolute Gasteiger partial charge is 0.204 e. The second-order valence-corrected chi connectivity index (χ2v) is 3.49. The highest BCUT2D eigenvalue weighted by molar-refractivity contribution is 5.64. The van der Waals surface area contributed by atoms with Crippen molar-refractivity contribution < 1.29 is 9.84 Å². The van der Waals surface area contributed by atoms with Gasteiger partial charge in [-0.15, -0.1) is 0 Å². The number of aliphatic hydroxyl groups is 1. The highest BCUT2D eigenvalue weighted by atomic mass is 16.5. The molecule has 0 amide bonds. The van der Waals surface area contributed by atoms with E-state index in [2.05, 4.69) is 20.2 Å². The first-order valence-corrected chi connectivity index (χ1v) is 5.71. The lowest BCUT2D eigenvalue weighted by atomic mass is 10.3. The first kappa shape index (κ1) is 13.5. The molecule has 0 atom stereocenters. The van der Waals surface area contributed by atoms with E-state index >= 15 is 0 Å². The van der Waals surface area contributed by atoms with Crippen molar-refractivity contribution in [3.05, 3.63) is 6.33 Å². The lowest BCUT2D eigenvalue weighted by Crippen LogP contribution is -2.26. The maximum absolute atomic E-state index is 8.88. The van der Waals surface area contributed by atoms with Crippen LogP contribution in [0.3, 0.4) is 0 Å². The average molecular weight is 240 g/mol. The van der Waals surface area contributed by atoms with Gasteiger partial charge in [-0.2, -0.15) is 0 Å². The summed E-state index contributed by atoms with van der Waals surface area (Å²) in [5.74, 6) is 2.05. The predicted molar refractivity (Wildman–Crippen MR) is 67.7 cm³/mol. The van der Waals surface area contributed by atoms with Crippen molar-refractivity contribution in [3.63, 3.8) is 0 Å². The molecule has 17 heavy (non-hydrogen) atoms. The van der Waals surface area contributed by atoms with E-state index in [-0.39, 0.29) is 6.61 Å². The van der Waals surface area contributed by atoms with Gasteiger partial charge in [-0.05, 0) is 13.3 Å². The molecule has 2 N–H and O–H groups in total. The molecule has 6 nitrogen and oxygen atoms in total. The first-order valence-electron chi connectivity index (χ1n) is 5.71. The first-order chi connectivity index (χ1) is 8.28. The van der Waals surface area contributed by atoms with E-state index in [9.17, 15) is 0 Å². The summed E-state index contributed by atoms with van der Waals surface area (Å²) in [6.07, 6.45) is 2.21. The van der Waals surface area contributed by atoms with Crippen LogP contribution >= 0.6 is 0 Å². The molecule has 0 unspecified atom stereocenters. The molecular formula is C11H20N4O2. The Balaban J connectivity index is 3.00. The third-order valence-electron chi connectivity index (χ3n) is 2.49. The minimum atomic E-state index is 0.169. The summed E-state index contributed by atoms with van der Waals surface area (Å²) in [5.41, 5.74) is 0. The van der Waals surface area contributed by atoms with Gasteiger partial charge in [-0.25, -0.2) is 9.97 Å². The minimum absolute atomic E-state index is 0.169. The lowest BCUT2D eigenvalue weighted by Gasteiger charge is -2.23. The summed E-state index contributed by atoms with van der Waals surface area (Å²) in [6.45, 7) is 3.75. The van der Waals surface area contributed by atoms with Gasteiger partial charge in [0.1, 0.15) is 6.33 Å². The van der Waals surface area contributed by atoms with Crippen molar-refractivity contribution in [2.45, 2.75) is 13.3 Å². The van der Waals surface area contributed by atoms with E-state index in [1.165, 1.54) is 6.33 Å². The van der Waals surface area contributed by atoms with Gasteiger partial charge in [-0.1, -0.05) is 0 Å². The van der Waals surface area contributed by atoms with Crippen LogP contribution < -0.4 is 15.0 Å². The Morgan fingerprint density at radius 3 is 2.76 bits per heavy atom. The van der Waals surface area contributed by atoms with E-state index in [0.29, 0.717) is 18.0 Å². The second-order valence-electron chi connectivity index (χ2n) is 3.49. The monoisotopic (exact) mass is 240 g/mol. The standard InChI is InChI=1S/C11H20N4O2/c1-4-15(6-5-7-16)11-9(17-3)10(12-2)13-8-14-11/h8,16H,4-7H2,1-3H3,(H,12,13,14). The SMILES string of the molecule is CCN(CCCO)c1ncnc(NC)c1OC. The number of rotatable bonds is 7. The molecule has 1 aromatic rings. The summed E-state index contributed by atoms with van der Waals surface area (Å²) in [5, 5.41) is 11.9. The summed E-state index contributed by atoms with van der Waals surface area (Å²) in [7, 11) is 3.39. The number of hydrogen-bond acceptors (Lipinski definition) is 6. The highest BCUT2D eigenvalue weighted by Crippen LogP contribution is 2.31. The summed E-state index contributed by atoms with van der Waals surface area (Å²) >= 11 is 0. The van der Waals surface area contributed by atoms with Crippen LogP contribution in [0.4, 0.5) is 11.6 Å². The van der Waals surface area contributed by atoms with Crippen LogP contribution in [0.15, 0.2) is 6.33 Å². The number of nitrogens with zero attached hydrogens (tertiary/aromatic N) is 3. The third kappa shape index (κ3) is 3.20. The molecule has 6 heteroatoms. The topological polar surface area (TPSA) is 70.5 Å². The Labute approximate surface area is 102 Å². The Hall–Kier alpha value is -1.56. The molecule has 0 spiro atoms. The number of aliphatic hydroxyl groups excluding tert-OH is 1. The van der Waals surface area contributed by atoms with Crippen molar-refractivity contribution in [1.29, 1.82) is 0 Å². The van der Waals surface area contributed by atoms with Gasteiger partial charge < -0.3 is 20.1 Å². The van der Waals surface area contributed by atoms with Crippen LogP contribution in [0.5, 0.6) is 5.75 Å². The van der Waals surface area contributed by atoms with E-state index in [1.54, 1.807) is 14.2 Å². The molecule has 0 saturated heterocycles. The zero-order valence-corrected chi connectivity index (χ0v) is 10.6. The molecule has 0 aliphatic rings. The Bertz CT molecular complexity index is 346. The maximum Gasteiger partial charge on any atom is 0.204 e. The molecule has 1 rings (SSSR count). The van der Waals surface area contributed by atoms with Crippen LogP contribution in [-0.2, 0) is 0 Å². The van der Waals surface area contributed by atoms with Crippen LogP contribution in [0.25, 0.3) is 0 Å². The molecule has 0 aliphatic heterocycles. The van der Waals surface area contributed by atoms with Crippen LogP contribution in [0.1, 0.15) is 13.3 Å². The van der Waals surface area contributed by atoms with Gasteiger partial charge in [0.2, 0.25) is 5.75 Å². The van der Waals surface area contributed by atoms with Gasteiger partial charge >= 0.3 is 0 Å². The predicted octanol–water partition coefficient (Wildman–Crippen LogP) is 0.736. The third-order valence-corrected chi connectivity index (χ3v) is 2.49. The molecule has 0 radical (unpaired) electrons. The van der Waals surface area contributed by atoms with Gasteiger partial charge in [0.05, 0.1) is 7.11 Å². The number of ether oxygens (including phenoxy) is 1. The van der Waals surface area contributed by atoms with E-state index < -0.39 is 0 Å².